The Morgan fingerprint density at radius 3 is 2.76 bits per heavy atom. The van der Waals surface area contributed by atoms with E-state index in [0.717, 1.165) is 12.0 Å². The van der Waals surface area contributed by atoms with Gasteiger partial charge in [-0.15, -0.1) is 0 Å². The van der Waals surface area contributed by atoms with E-state index in [9.17, 15) is 4.79 Å². The van der Waals surface area contributed by atoms with E-state index >= 15 is 0 Å². The molecule has 0 fully saturated rings. The lowest BCUT2D eigenvalue weighted by atomic mass is 9.81. The van der Waals surface area contributed by atoms with Gasteiger partial charge in [-0.3, -0.25) is 4.79 Å². The van der Waals surface area contributed by atoms with Crippen molar-refractivity contribution in [3.63, 3.8) is 0 Å². The van der Waals surface area contributed by atoms with Crippen molar-refractivity contribution in [1.29, 1.82) is 0 Å². The van der Waals surface area contributed by atoms with Gasteiger partial charge in [-0.05, 0) is 17.9 Å². The Kier molecular flexibility index (Phi) is 3.92. The molecule has 0 bridgehead atoms. The Hall–Kier alpha value is -1.63. The molecule has 17 heavy (non-hydrogen) atoms. The fourth-order valence-corrected chi connectivity index (χ4v) is 2.27. The highest BCUT2D eigenvalue weighted by atomic mass is 16.1. The third-order valence-corrected chi connectivity index (χ3v) is 3.30. The van der Waals surface area contributed by atoms with Gasteiger partial charge in [0.2, 0.25) is 0 Å². The molecule has 2 rings (SSSR count). The van der Waals surface area contributed by atoms with Crippen LogP contribution in [0.5, 0.6) is 0 Å². The van der Waals surface area contributed by atoms with Crippen molar-refractivity contribution >= 4 is 11.9 Å². The normalized spacial score (nSPS) is 24.4. The topological polar surface area (TPSA) is 17.1 Å². The summed E-state index contributed by atoms with van der Waals surface area (Å²) in [6.45, 7) is 2.14. The minimum absolute atomic E-state index is 0.0604. The third kappa shape index (κ3) is 2.94. The van der Waals surface area contributed by atoms with Gasteiger partial charge in [0.05, 0.1) is 0 Å². The molecule has 0 spiro atoms. The molecule has 0 saturated heterocycles. The van der Waals surface area contributed by atoms with Crippen molar-refractivity contribution in [2.45, 2.75) is 19.8 Å². The number of carbonyl (C=O) groups excluding carboxylic acids is 1. The molecule has 1 aromatic rings. The summed E-state index contributed by atoms with van der Waals surface area (Å²) in [7, 11) is 0. The van der Waals surface area contributed by atoms with Crippen molar-refractivity contribution in [3.8, 4) is 0 Å². The summed E-state index contributed by atoms with van der Waals surface area (Å²) in [6.07, 6.45) is 9.91. The van der Waals surface area contributed by atoms with E-state index in [-0.39, 0.29) is 5.92 Å². The predicted molar refractivity (Wildman–Crippen MR) is 71.5 cm³/mol. The van der Waals surface area contributed by atoms with Gasteiger partial charge in [0, 0.05) is 12.3 Å². The Bertz CT molecular complexity index is 428. The average molecular weight is 226 g/mol. The molecule has 1 nitrogen and oxygen atoms in total. The Labute approximate surface area is 103 Å². The van der Waals surface area contributed by atoms with Crippen LogP contribution in [0.25, 0.3) is 6.08 Å². The number of rotatable bonds is 3. The van der Waals surface area contributed by atoms with Crippen molar-refractivity contribution in [2.24, 2.45) is 11.8 Å². The molecule has 1 heteroatoms. The number of hydrogen-bond acceptors (Lipinski definition) is 1. The second-order valence-corrected chi connectivity index (χ2v) is 4.47. The third-order valence-electron chi connectivity index (χ3n) is 3.30. The summed E-state index contributed by atoms with van der Waals surface area (Å²) in [5.74, 6) is 0.771. The molecule has 1 unspecified atom stereocenters. The highest BCUT2D eigenvalue weighted by Gasteiger charge is 2.24. The average Bonchev–Trinajstić information content (AvgIpc) is 2.38. The van der Waals surface area contributed by atoms with E-state index in [4.69, 9.17) is 0 Å². The second kappa shape index (κ2) is 5.62. The molecular weight excluding hydrogens is 208 g/mol. The van der Waals surface area contributed by atoms with E-state index < -0.39 is 0 Å². The number of carbonyl (C=O) groups is 1. The van der Waals surface area contributed by atoms with Crippen molar-refractivity contribution in [2.75, 3.05) is 0 Å². The summed E-state index contributed by atoms with van der Waals surface area (Å²) in [5, 5.41) is 0. The summed E-state index contributed by atoms with van der Waals surface area (Å²) in [4.78, 5) is 11.9. The zero-order valence-electron chi connectivity index (χ0n) is 10.2. The van der Waals surface area contributed by atoms with E-state index in [2.05, 4.69) is 37.3 Å². The maximum Gasteiger partial charge on any atom is 0.144 e. The van der Waals surface area contributed by atoms with Gasteiger partial charge >= 0.3 is 0 Å². The molecule has 1 aliphatic carbocycles. The molecule has 1 aliphatic rings. The Balaban J connectivity index is 2.14. The van der Waals surface area contributed by atoms with Gasteiger partial charge in [-0.1, -0.05) is 61.6 Å². The van der Waals surface area contributed by atoms with E-state index in [1.807, 2.05) is 24.3 Å². The van der Waals surface area contributed by atoms with Crippen LogP contribution in [0.4, 0.5) is 0 Å². The van der Waals surface area contributed by atoms with Crippen molar-refractivity contribution < 1.29 is 4.79 Å². The van der Waals surface area contributed by atoms with Crippen LogP contribution in [0.3, 0.4) is 0 Å². The van der Waals surface area contributed by atoms with Crippen LogP contribution in [0.2, 0.25) is 0 Å². The molecule has 0 radical (unpaired) electrons. The highest BCUT2D eigenvalue weighted by Crippen LogP contribution is 2.26. The lowest BCUT2D eigenvalue weighted by molar-refractivity contribution is -0.122. The molecule has 0 amide bonds. The zero-order chi connectivity index (χ0) is 12.1. The summed E-state index contributed by atoms with van der Waals surface area (Å²) in [6, 6.07) is 10.1. The first-order valence-electron chi connectivity index (χ1n) is 6.24. The van der Waals surface area contributed by atoms with Gasteiger partial charge in [0.1, 0.15) is 5.78 Å². The van der Waals surface area contributed by atoms with E-state index in [0.29, 0.717) is 18.1 Å². The van der Waals surface area contributed by atoms with E-state index in [1.54, 1.807) is 0 Å². The lowest BCUT2D eigenvalue weighted by Crippen LogP contribution is -2.22. The SMILES string of the molecule is CC[C@@H]1C=CCC(=O)C1/C=C/c1ccccc1. The Morgan fingerprint density at radius 1 is 1.29 bits per heavy atom. The quantitative estimate of drug-likeness (QED) is 0.715. The van der Waals surface area contributed by atoms with Gasteiger partial charge in [-0.2, -0.15) is 0 Å². The molecule has 2 atom stereocenters. The zero-order valence-corrected chi connectivity index (χ0v) is 10.2. The fraction of sp³-hybridized carbons (Fsp3) is 0.312. The lowest BCUT2D eigenvalue weighted by Gasteiger charge is -2.22. The van der Waals surface area contributed by atoms with Gasteiger partial charge in [-0.25, -0.2) is 0 Å². The summed E-state index contributed by atoms with van der Waals surface area (Å²) >= 11 is 0. The molecule has 0 saturated carbocycles. The first-order chi connectivity index (χ1) is 8.31. The molecule has 0 N–H and O–H groups in total. The Morgan fingerprint density at radius 2 is 2.06 bits per heavy atom. The molecule has 0 aliphatic heterocycles. The largest absolute Gasteiger partial charge is 0.299 e. The monoisotopic (exact) mass is 226 g/mol. The standard InChI is InChI=1S/C16H18O/c1-2-14-9-6-10-16(17)15(14)12-11-13-7-4-3-5-8-13/h3-9,11-12,14-15H,2,10H2,1H3/b12-11+/t14-,15?/m1/s1. The molecule has 0 aromatic heterocycles. The van der Waals surface area contributed by atoms with Crippen LogP contribution in [-0.4, -0.2) is 5.78 Å². The number of hydrogen-bond donors (Lipinski definition) is 0. The molecule has 88 valence electrons. The summed E-state index contributed by atoms with van der Waals surface area (Å²) in [5.41, 5.74) is 1.16. The number of benzene rings is 1. The first-order valence-corrected chi connectivity index (χ1v) is 6.24. The van der Waals surface area contributed by atoms with Crippen LogP contribution >= 0.6 is 0 Å². The predicted octanol–water partition coefficient (Wildman–Crippen LogP) is 3.87. The maximum absolute atomic E-state index is 11.9. The second-order valence-electron chi connectivity index (χ2n) is 4.47. The van der Waals surface area contributed by atoms with Crippen LogP contribution in [-0.2, 0) is 4.79 Å². The molecule has 1 aromatic carbocycles. The maximum atomic E-state index is 11.9. The molecular formula is C16H18O. The van der Waals surface area contributed by atoms with Crippen LogP contribution < -0.4 is 0 Å². The smallest absolute Gasteiger partial charge is 0.144 e. The van der Waals surface area contributed by atoms with Gasteiger partial charge < -0.3 is 0 Å². The minimum Gasteiger partial charge on any atom is -0.299 e. The van der Waals surface area contributed by atoms with Crippen molar-refractivity contribution in [1.82, 2.24) is 0 Å². The van der Waals surface area contributed by atoms with Crippen LogP contribution in [0.1, 0.15) is 25.3 Å². The number of Topliss-reactive ketones (excluding diaryl/α,β-unsaturated/α-hetero) is 1. The first kappa shape index (κ1) is 11.8. The highest BCUT2D eigenvalue weighted by molar-refractivity contribution is 5.86. The molecule has 0 heterocycles. The van der Waals surface area contributed by atoms with E-state index in [1.165, 1.54) is 0 Å². The van der Waals surface area contributed by atoms with Crippen LogP contribution in [0.15, 0.2) is 48.6 Å². The number of ketones is 1. The van der Waals surface area contributed by atoms with Gasteiger partial charge in [0.15, 0.2) is 0 Å². The van der Waals surface area contributed by atoms with Crippen molar-refractivity contribution in [3.05, 3.63) is 54.1 Å². The number of allylic oxidation sites excluding steroid dienone is 3. The fourth-order valence-electron chi connectivity index (χ4n) is 2.27. The minimum atomic E-state index is 0.0604. The summed E-state index contributed by atoms with van der Waals surface area (Å²) < 4.78 is 0. The van der Waals surface area contributed by atoms with Gasteiger partial charge in [0.25, 0.3) is 0 Å². The van der Waals surface area contributed by atoms with Crippen LogP contribution in [0, 0.1) is 11.8 Å².